The van der Waals surface area contributed by atoms with Gasteiger partial charge in [-0.15, -0.1) is 0 Å². The number of hydrogen-bond acceptors (Lipinski definition) is 3. The van der Waals surface area contributed by atoms with Crippen LogP contribution in [0, 0.1) is 12.7 Å². The summed E-state index contributed by atoms with van der Waals surface area (Å²) in [5.74, 6) is 0.374. The van der Waals surface area contributed by atoms with Crippen LogP contribution in [0.1, 0.15) is 11.5 Å². The maximum Gasteiger partial charge on any atom is 0.229 e. The van der Waals surface area contributed by atoms with E-state index in [2.05, 4.69) is 4.98 Å². The highest BCUT2D eigenvalue weighted by Crippen LogP contribution is 2.24. The molecule has 0 fully saturated rings. The normalized spacial score (nSPS) is 10.4. The maximum atomic E-state index is 13.4. The third-order valence-corrected chi connectivity index (χ3v) is 2.27. The molecule has 0 unspecified atom stereocenters. The van der Waals surface area contributed by atoms with E-state index in [9.17, 15) is 9.18 Å². The number of aromatic nitrogens is 1. The monoisotopic (exact) mass is 219 g/mol. The second-order valence-electron chi connectivity index (χ2n) is 3.37. The number of carbonyl (C=O) groups is 1. The van der Waals surface area contributed by atoms with Gasteiger partial charge >= 0.3 is 0 Å². The topological polar surface area (TPSA) is 43.1 Å². The van der Waals surface area contributed by atoms with Crippen LogP contribution in [-0.4, -0.2) is 11.3 Å². The minimum Gasteiger partial charge on any atom is -0.441 e. The molecule has 0 saturated carbocycles. The van der Waals surface area contributed by atoms with Gasteiger partial charge in [0.1, 0.15) is 17.9 Å². The second-order valence-corrected chi connectivity index (χ2v) is 3.37. The molecular weight excluding hydrogens is 209 g/mol. The molecule has 0 N–H and O–H groups in total. The number of hydrogen-bond donors (Lipinski definition) is 0. The molecule has 0 aliphatic heterocycles. The van der Waals surface area contributed by atoms with E-state index in [1.54, 1.807) is 25.1 Å². The molecule has 0 atom stereocenters. The van der Waals surface area contributed by atoms with Crippen molar-refractivity contribution in [1.29, 1.82) is 0 Å². The fourth-order valence-corrected chi connectivity index (χ4v) is 1.45. The lowest BCUT2D eigenvalue weighted by Crippen LogP contribution is -1.89. The Hall–Kier alpha value is -1.97. The van der Waals surface area contributed by atoms with Gasteiger partial charge in [-0.25, -0.2) is 9.37 Å². The van der Waals surface area contributed by atoms with E-state index < -0.39 is 0 Å². The predicted molar refractivity (Wildman–Crippen MR) is 56.4 cm³/mol. The van der Waals surface area contributed by atoms with Crippen LogP contribution in [0.4, 0.5) is 4.39 Å². The molecule has 2 aromatic rings. The van der Waals surface area contributed by atoms with Crippen molar-refractivity contribution in [2.45, 2.75) is 13.3 Å². The fraction of sp³-hybridized carbons (Fsp3) is 0.167. The standard InChI is InChI=1S/C12H10FNO2/c1-8-11(6-7-15)14-12(16-8)9-4-2-3-5-10(9)13/h2-5,7H,6H2,1H3. The first-order valence-electron chi connectivity index (χ1n) is 4.87. The maximum absolute atomic E-state index is 13.4. The van der Waals surface area contributed by atoms with Crippen molar-refractivity contribution < 1.29 is 13.6 Å². The van der Waals surface area contributed by atoms with E-state index in [0.29, 0.717) is 17.0 Å². The summed E-state index contributed by atoms with van der Waals surface area (Å²) in [5, 5.41) is 0. The zero-order chi connectivity index (χ0) is 11.5. The SMILES string of the molecule is Cc1oc(-c2ccccc2F)nc1CC=O. The lowest BCUT2D eigenvalue weighted by Gasteiger charge is -1.95. The number of benzene rings is 1. The van der Waals surface area contributed by atoms with E-state index in [-0.39, 0.29) is 18.1 Å². The lowest BCUT2D eigenvalue weighted by molar-refractivity contribution is -0.107. The van der Waals surface area contributed by atoms with Crippen molar-refractivity contribution in [1.82, 2.24) is 4.98 Å². The largest absolute Gasteiger partial charge is 0.441 e. The van der Waals surface area contributed by atoms with Crippen molar-refractivity contribution in [3.63, 3.8) is 0 Å². The smallest absolute Gasteiger partial charge is 0.229 e. The first kappa shape index (κ1) is 10.5. The Morgan fingerprint density at radius 3 is 2.88 bits per heavy atom. The molecule has 0 amide bonds. The second kappa shape index (κ2) is 4.26. The minimum absolute atomic E-state index is 0.184. The molecule has 16 heavy (non-hydrogen) atoms. The van der Waals surface area contributed by atoms with Crippen molar-refractivity contribution in [2.75, 3.05) is 0 Å². The van der Waals surface area contributed by atoms with E-state index in [4.69, 9.17) is 4.42 Å². The number of aryl methyl sites for hydroxylation is 1. The van der Waals surface area contributed by atoms with Crippen molar-refractivity contribution >= 4 is 6.29 Å². The van der Waals surface area contributed by atoms with Crippen LogP contribution in [0.15, 0.2) is 28.7 Å². The first-order valence-corrected chi connectivity index (χ1v) is 4.87. The Morgan fingerprint density at radius 2 is 2.19 bits per heavy atom. The number of halogens is 1. The highest BCUT2D eigenvalue weighted by molar-refractivity contribution is 5.58. The molecule has 0 aliphatic carbocycles. The lowest BCUT2D eigenvalue weighted by atomic mass is 10.2. The Labute approximate surface area is 91.9 Å². The highest BCUT2D eigenvalue weighted by Gasteiger charge is 2.13. The quantitative estimate of drug-likeness (QED) is 0.745. The predicted octanol–water partition coefficient (Wildman–Crippen LogP) is 2.53. The number of carbonyl (C=O) groups excluding carboxylic acids is 1. The van der Waals surface area contributed by atoms with Gasteiger partial charge in [0.15, 0.2) is 0 Å². The van der Waals surface area contributed by atoms with Crippen LogP contribution in [-0.2, 0) is 11.2 Å². The molecule has 82 valence electrons. The van der Waals surface area contributed by atoms with Gasteiger partial charge in [-0.05, 0) is 19.1 Å². The molecule has 2 rings (SSSR count). The molecule has 1 aromatic carbocycles. The third-order valence-electron chi connectivity index (χ3n) is 2.27. The summed E-state index contributed by atoms with van der Waals surface area (Å²) >= 11 is 0. The van der Waals surface area contributed by atoms with Gasteiger partial charge in [0, 0.05) is 6.42 Å². The Bertz CT molecular complexity index is 519. The van der Waals surface area contributed by atoms with E-state index >= 15 is 0 Å². The van der Waals surface area contributed by atoms with E-state index in [0.717, 1.165) is 6.29 Å². The molecule has 0 aliphatic rings. The van der Waals surface area contributed by atoms with Crippen LogP contribution in [0.2, 0.25) is 0 Å². The molecule has 0 saturated heterocycles. The van der Waals surface area contributed by atoms with Gasteiger partial charge in [0.25, 0.3) is 0 Å². The van der Waals surface area contributed by atoms with Gasteiger partial charge in [-0.2, -0.15) is 0 Å². The number of oxazole rings is 1. The van der Waals surface area contributed by atoms with E-state index in [1.807, 2.05) is 0 Å². The fourth-order valence-electron chi connectivity index (χ4n) is 1.45. The van der Waals surface area contributed by atoms with Crippen molar-refractivity contribution in [3.8, 4) is 11.5 Å². The van der Waals surface area contributed by atoms with Gasteiger partial charge < -0.3 is 9.21 Å². The average Bonchev–Trinajstić information content (AvgIpc) is 2.61. The zero-order valence-electron chi connectivity index (χ0n) is 8.74. The summed E-state index contributed by atoms with van der Waals surface area (Å²) in [6.07, 6.45) is 0.930. The van der Waals surface area contributed by atoms with Crippen molar-refractivity contribution in [2.24, 2.45) is 0 Å². The van der Waals surface area contributed by atoms with Crippen LogP contribution in [0.5, 0.6) is 0 Å². The molecule has 0 bridgehead atoms. The van der Waals surface area contributed by atoms with Gasteiger partial charge in [-0.3, -0.25) is 0 Å². The Balaban J connectivity index is 2.45. The number of rotatable bonds is 3. The van der Waals surface area contributed by atoms with Gasteiger partial charge in [-0.1, -0.05) is 12.1 Å². The zero-order valence-corrected chi connectivity index (χ0v) is 8.74. The Morgan fingerprint density at radius 1 is 1.44 bits per heavy atom. The minimum atomic E-state index is -0.388. The van der Waals surface area contributed by atoms with E-state index in [1.165, 1.54) is 6.07 Å². The molecule has 0 radical (unpaired) electrons. The third kappa shape index (κ3) is 1.86. The van der Waals surface area contributed by atoms with Crippen LogP contribution in [0.25, 0.3) is 11.5 Å². The molecule has 3 nitrogen and oxygen atoms in total. The highest BCUT2D eigenvalue weighted by atomic mass is 19.1. The number of nitrogens with zero attached hydrogens (tertiary/aromatic N) is 1. The summed E-state index contributed by atoms with van der Waals surface area (Å²) in [6, 6.07) is 6.23. The van der Waals surface area contributed by atoms with Crippen LogP contribution >= 0.6 is 0 Å². The molecule has 1 heterocycles. The Kier molecular flexibility index (Phi) is 2.81. The molecule has 4 heteroatoms. The van der Waals surface area contributed by atoms with Crippen LogP contribution < -0.4 is 0 Å². The van der Waals surface area contributed by atoms with Crippen LogP contribution in [0.3, 0.4) is 0 Å². The summed E-state index contributed by atoms with van der Waals surface area (Å²) in [4.78, 5) is 14.5. The molecule has 0 spiro atoms. The first-order chi connectivity index (χ1) is 7.72. The summed E-state index contributed by atoms with van der Waals surface area (Å²) in [7, 11) is 0. The van der Waals surface area contributed by atoms with Crippen molar-refractivity contribution in [3.05, 3.63) is 41.5 Å². The van der Waals surface area contributed by atoms with Gasteiger partial charge in [0.2, 0.25) is 5.89 Å². The summed E-state index contributed by atoms with van der Waals surface area (Å²) < 4.78 is 18.8. The molecule has 1 aromatic heterocycles. The average molecular weight is 219 g/mol. The number of aldehydes is 1. The summed E-state index contributed by atoms with van der Waals surface area (Å²) in [5.41, 5.74) is 0.857. The molecular formula is C12H10FNO2. The summed E-state index contributed by atoms with van der Waals surface area (Å²) in [6.45, 7) is 1.70. The van der Waals surface area contributed by atoms with Gasteiger partial charge in [0.05, 0.1) is 11.3 Å².